The fourth-order valence-corrected chi connectivity index (χ4v) is 1.34. The summed E-state index contributed by atoms with van der Waals surface area (Å²) >= 11 is 0. The van der Waals surface area contributed by atoms with Gasteiger partial charge in [0, 0.05) is 5.56 Å². The Morgan fingerprint density at radius 1 is 1.24 bits per heavy atom. The lowest BCUT2D eigenvalue weighted by Gasteiger charge is -1.98. The number of ether oxygens (including phenoxy) is 1. The molecule has 1 aromatic rings. The molecule has 0 atom stereocenters. The van der Waals surface area contributed by atoms with Gasteiger partial charge in [0.25, 0.3) is 0 Å². The van der Waals surface area contributed by atoms with Crippen LogP contribution in [0.4, 0.5) is 0 Å². The number of esters is 1. The molecule has 0 spiro atoms. The normalized spacial score (nSPS) is 10.5. The molecule has 3 nitrogen and oxygen atoms in total. The minimum Gasteiger partial charge on any atom is -0.466 e. The number of Topliss-reactive ketones (excluding diaryl/α,β-unsaturated/α-hetero) is 1. The Morgan fingerprint density at radius 3 is 2.41 bits per heavy atom. The molecule has 17 heavy (non-hydrogen) atoms. The molecule has 0 fully saturated rings. The Kier molecular flexibility index (Phi) is 5.14. The molecule has 0 aromatic heterocycles. The van der Waals surface area contributed by atoms with Gasteiger partial charge in [-0.25, -0.2) is 0 Å². The summed E-state index contributed by atoms with van der Waals surface area (Å²) in [7, 11) is 0. The lowest BCUT2D eigenvalue weighted by molar-refractivity contribution is -0.142. The van der Waals surface area contributed by atoms with E-state index in [1.807, 2.05) is 18.2 Å². The summed E-state index contributed by atoms with van der Waals surface area (Å²) in [6, 6.07) is 7.23. The summed E-state index contributed by atoms with van der Waals surface area (Å²) in [5.74, 6) is -0.184. The summed E-state index contributed by atoms with van der Waals surface area (Å²) in [5.41, 5.74) is 1.65. The third kappa shape index (κ3) is 4.64. The van der Waals surface area contributed by atoms with Crippen molar-refractivity contribution in [2.75, 3.05) is 6.61 Å². The molecule has 1 rings (SSSR count). The zero-order valence-electron chi connectivity index (χ0n) is 10.1. The van der Waals surface area contributed by atoms with Crippen LogP contribution in [0.3, 0.4) is 0 Å². The van der Waals surface area contributed by atoms with Crippen LogP contribution in [-0.4, -0.2) is 18.4 Å². The van der Waals surface area contributed by atoms with Gasteiger partial charge in [0.15, 0.2) is 5.78 Å². The topological polar surface area (TPSA) is 43.4 Å². The fraction of sp³-hybridized carbons (Fsp3) is 0.286. The first-order valence-electron chi connectivity index (χ1n) is 5.56. The van der Waals surface area contributed by atoms with Crippen molar-refractivity contribution in [1.29, 1.82) is 0 Å². The van der Waals surface area contributed by atoms with Crippen LogP contribution in [0.1, 0.15) is 36.2 Å². The van der Waals surface area contributed by atoms with E-state index < -0.39 is 0 Å². The van der Waals surface area contributed by atoms with Gasteiger partial charge in [-0.3, -0.25) is 9.59 Å². The van der Waals surface area contributed by atoms with Crippen molar-refractivity contribution in [3.05, 3.63) is 41.5 Å². The number of benzene rings is 1. The Morgan fingerprint density at radius 2 is 1.88 bits per heavy atom. The van der Waals surface area contributed by atoms with Crippen LogP contribution < -0.4 is 0 Å². The van der Waals surface area contributed by atoms with Crippen molar-refractivity contribution < 1.29 is 14.3 Å². The highest BCUT2D eigenvalue weighted by Gasteiger charge is 1.98. The highest BCUT2D eigenvalue weighted by Crippen LogP contribution is 2.07. The maximum absolute atomic E-state index is 11.1. The molecule has 0 saturated heterocycles. The molecule has 0 aliphatic heterocycles. The van der Waals surface area contributed by atoms with E-state index in [4.69, 9.17) is 4.74 Å². The van der Waals surface area contributed by atoms with E-state index in [1.165, 1.54) is 6.92 Å². The Labute approximate surface area is 101 Å². The zero-order valence-corrected chi connectivity index (χ0v) is 10.1. The molecular weight excluding hydrogens is 216 g/mol. The van der Waals surface area contributed by atoms with Gasteiger partial charge in [0.05, 0.1) is 13.0 Å². The van der Waals surface area contributed by atoms with E-state index >= 15 is 0 Å². The molecule has 1 aromatic carbocycles. The van der Waals surface area contributed by atoms with Crippen molar-refractivity contribution in [3.63, 3.8) is 0 Å². The molecule has 0 unspecified atom stereocenters. The average molecular weight is 232 g/mol. The molecule has 0 amide bonds. The number of carbonyl (C=O) groups excluding carboxylic acids is 2. The minimum atomic E-state index is -0.232. The Balaban J connectivity index is 2.54. The van der Waals surface area contributed by atoms with Crippen molar-refractivity contribution in [2.24, 2.45) is 0 Å². The summed E-state index contributed by atoms with van der Waals surface area (Å²) in [4.78, 5) is 22.1. The first kappa shape index (κ1) is 13.2. The molecule has 0 saturated carbocycles. The van der Waals surface area contributed by atoms with E-state index in [9.17, 15) is 9.59 Å². The number of hydrogen-bond donors (Lipinski definition) is 0. The van der Waals surface area contributed by atoms with Crippen molar-refractivity contribution in [1.82, 2.24) is 0 Å². The standard InChI is InChI=1S/C14H16O3/c1-3-17-14(16)6-4-5-12-7-9-13(10-8-12)11(2)15/h4-5,7-10H,3,6H2,1-2H3. The van der Waals surface area contributed by atoms with Crippen LogP contribution in [0.15, 0.2) is 30.3 Å². The molecule has 0 bridgehead atoms. The third-order valence-corrected chi connectivity index (χ3v) is 2.22. The smallest absolute Gasteiger partial charge is 0.309 e. The van der Waals surface area contributed by atoms with Gasteiger partial charge in [-0.05, 0) is 19.4 Å². The highest BCUT2D eigenvalue weighted by molar-refractivity contribution is 5.94. The number of rotatable bonds is 5. The van der Waals surface area contributed by atoms with Crippen LogP contribution >= 0.6 is 0 Å². The first-order chi connectivity index (χ1) is 8.13. The van der Waals surface area contributed by atoms with Crippen LogP contribution in [0.25, 0.3) is 6.08 Å². The molecule has 90 valence electrons. The maximum Gasteiger partial charge on any atom is 0.309 e. The number of carbonyl (C=O) groups is 2. The quantitative estimate of drug-likeness (QED) is 0.579. The number of ketones is 1. The van der Waals surface area contributed by atoms with Crippen LogP contribution in [0, 0.1) is 0 Å². The molecule has 0 aliphatic rings. The summed E-state index contributed by atoms with van der Waals surface area (Å²) in [5, 5.41) is 0. The lowest BCUT2D eigenvalue weighted by Crippen LogP contribution is -2.01. The predicted molar refractivity (Wildman–Crippen MR) is 66.7 cm³/mol. The zero-order chi connectivity index (χ0) is 12.7. The molecular formula is C14H16O3. The van der Waals surface area contributed by atoms with Gasteiger partial charge < -0.3 is 4.74 Å². The van der Waals surface area contributed by atoms with Gasteiger partial charge in [0.1, 0.15) is 0 Å². The van der Waals surface area contributed by atoms with Gasteiger partial charge in [-0.2, -0.15) is 0 Å². The van der Waals surface area contributed by atoms with Gasteiger partial charge in [-0.1, -0.05) is 36.4 Å². The number of hydrogen-bond acceptors (Lipinski definition) is 3. The van der Waals surface area contributed by atoms with Crippen molar-refractivity contribution >= 4 is 17.8 Å². The second-order valence-electron chi connectivity index (χ2n) is 3.59. The molecule has 0 aliphatic carbocycles. The molecule has 0 radical (unpaired) electrons. The fourth-order valence-electron chi connectivity index (χ4n) is 1.34. The largest absolute Gasteiger partial charge is 0.466 e. The van der Waals surface area contributed by atoms with Gasteiger partial charge in [-0.15, -0.1) is 0 Å². The van der Waals surface area contributed by atoms with E-state index in [1.54, 1.807) is 25.1 Å². The first-order valence-corrected chi connectivity index (χ1v) is 5.56. The molecule has 0 N–H and O–H groups in total. The maximum atomic E-state index is 11.1. The molecule has 3 heteroatoms. The van der Waals surface area contributed by atoms with E-state index in [0.29, 0.717) is 12.2 Å². The van der Waals surface area contributed by atoms with Crippen LogP contribution in [0.2, 0.25) is 0 Å². The van der Waals surface area contributed by atoms with Crippen LogP contribution in [0.5, 0.6) is 0 Å². The minimum absolute atomic E-state index is 0.0482. The van der Waals surface area contributed by atoms with Crippen molar-refractivity contribution in [2.45, 2.75) is 20.3 Å². The monoisotopic (exact) mass is 232 g/mol. The van der Waals surface area contributed by atoms with Gasteiger partial charge in [0.2, 0.25) is 0 Å². The summed E-state index contributed by atoms with van der Waals surface area (Å²) in [6.45, 7) is 3.72. The average Bonchev–Trinajstić information content (AvgIpc) is 2.30. The summed E-state index contributed by atoms with van der Waals surface area (Å²) in [6.07, 6.45) is 3.85. The lowest BCUT2D eigenvalue weighted by atomic mass is 10.1. The van der Waals surface area contributed by atoms with Crippen molar-refractivity contribution in [3.8, 4) is 0 Å². The van der Waals surface area contributed by atoms with E-state index in [2.05, 4.69) is 0 Å². The Hall–Kier alpha value is -1.90. The van der Waals surface area contributed by atoms with Crippen LogP contribution in [-0.2, 0) is 9.53 Å². The molecule has 0 heterocycles. The second-order valence-corrected chi connectivity index (χ2v) is 3.59. The Bertz CT molecular complexity index is 416. The summed E-state index contributed by atoms with van der Waals surface area (Å²) < 4.78 is 4.80. The predicted octanol–water partition coefficient (Wildman–Crippen LogP) is 2.86. The SMILES string of the molecule is CCOC(=O)CC=Cc1ccc(C(C)=O)cc1. The van der Waals surface area contributed by atoms with E-state index in [-0.39, 0.29) is 18.2 Å². The van der Waals surface area contributed by atoms with E-state index in [0.717, 1.165) is 5.56 Å². The van der Waals surface area contributed by atoms with Gasteiger partial charge >= 0.3 is 5.97 Å². The highest BCUT2D eigenvalue weighted by atomic mass is 16.5. The third-order valence-electron chi connectivity index (χ3n) is 2.22. The second kappa shape index (κ2) is 6.63.